The smallest absolute Gasteiger partial charge is 0.388 e. The van der Waals surface area contributed by atoms with E-state index in [1.807, 2.05) is 0 Å². The molecule has 0 unspecified atom stereocenters. The molecule has 0 bridgehead atoms. The zero-order valence-electron chi connectivity index (χ0n) is 6.29. The van der Waals surface area contributed by atoms with Gasteiger partial charge in [-0.05, 0) is 0 Å². The van der Waals surface area contributed by atoms with E-state index in [-0.39, 0.29) is 5.88 Å². The Bertz CT molecular complexity index is 239. The minimum absolute atomic E-state index is 0.191. The van der Waals surface area contributed by atoms with Crippen LogP contribution in [0.2, 0.25) is 0 Å². The average molecular weight is 175 g/mol. The van der Waals surface area contributed by atoms with Gasteiger partial charge in [0.15, 0.2) is 0 Å². The summed E-state index contributed by atoms with van der Waals surface area (Å²) in [6.07, 6.45) is 2.43. The highest BCUT2D eigenvalue weighted by Gasteiger charge is 2.04. The molecule has 0 aliphatic rings. The molecule has 0 fully saturated rings. The molecule has 0 aliphatic heterocycles. The van der Waals surface area contributed by atoms with Gasteiger partial charge in [-0.1, -0.05) is 0 Å². The third-order valence-electron chi connectivity index (χ3n) is 1.09. The van der Waals surface area contributed by atoms with Crippen molar-refractivity contribution in [2.24, 2.45) is 0 Å². The fraction of sp³-hybridized carbons (Fsp3) is 0.333. The molecule has 6 heteroatoms. The molecule has 0 aliphatic carbocycles. The minimum Gasteiger partial charge on any atom is -0.415 e. The molecule has 0 spiro atoms. The highest BCUT2D eigenvalue weighted by Crippen LogP contribution is 2.09. The fourth-order valence-electron chi connectivity index (χ4n) is 0.597. The highest BCUT2D eigenvalue weighted by molar-refractivity contribution is 5.30. The van der Waals surface area contributed by atoms with E-state index in [0.29, 0.717) is 5.82 Å². The molecule has 0 amide bonds. The Labute approximate surface area is 67.6 Å². The average Bonchev–Trinajstić information content (AvgIpc) is 2.05. The van der Waals surface area contributed by atoms with Gasteiger partial charge in [-0.3, -0.25) is 0 Å². The van der Waals surface area contributed by atoms with Crippen molar-refractivity contribution in [2.45, 2.75) is 6.61 Å². The molecule has 66 valence electrons. The van der Waals surface area contributed by atoms with Gasteiger partial charge < -0.3 is 10.1 Å². The highest BCUT2D eigenvalue weighted by atomic mass is 19.3. The van der Waals surface area contributed by atoms with Crippen molar-refractivity contribution in [3.05, 3.63) is 12.4 Å². The standard InChI is InChI=1S/C6H7F2N3O/c1-9-4-2-11-5(3-10-4)12-6(7)8/h2-3,6H,1H3,(H,9,10). The summed E-state index contributed by atoms with van der Waals surface area (Å²) in [5.41, 5.74) is 0. The summed E-state index contributed by atoms with van der Waals surface area (Å²) in [5.74, 6) is 0.306. The van der Waals surface area contributed by atoms with Crippen LogP contribution in [0.5, 0.6) is 5.88 Å². The first-order valence-electron chi connectivity index (χ1n) is 3.17. The number of alkyl halides is 2. The molecular weight excluding hydrogens is 168 g/mol. The van der Waals surface area contributed by atoms with Crippen LogP contribution in [0.1, 0.15) is 0 Å². The Kier molecular flexibility index (Phi) is 2.73. The summed E-state index contributed by atoms with van der Waals surface area (Å²) in [5, 5.41) is 2.69. The molecule has 0 atom stereocenters. The summed E-state index contributed by atoms with van der Waals surface area (Å²) >= 11 is 0. The lowest BCUT2D eigenvalue weighted by Gasteiger charge is -2.02. The molecule has 0 saturated carbocycles. The summed E-state index contributed by atoms with van der Waals surface area (Å²) in [6.45, 7) is -2.86. The van der Waals surface area contributed by atoms with Gasteiger partial charge in [-0.25, -0.2) is 9.97 Å². The number of nitrogens with zero attached hydrogens (tertiary/aromatic N) is 2. The van der Waals surface area contributed by atoms with Gasteiger partial charge >= 0.3 is 6.61 Å². The normalized spacial score (nSPS) is 10.0. The van der Waals surface area contributed by atoms with Crippen LogP contribution < -0.4 is 10.1 Å². The number of hydrogen-bond acceptors (Lipinski definition) is 4. The molecule has 0 saturated heterocycles. The number of rotatable bonds is 3. The predicted octanol–water partition coefficient (Wildman–Crippen LogP) is 1.12. The Morgan fingerprint density at radius 1 is 1.42 bits per heavy atom. The van der Waals surface area contributed by atoms with Crippen LogP contribution in [0.4, 0.5) is 14.6 Å². The van der Waals surface area contributed by atoms with Gasteiger partial charge in [0.1, 0.15) is 5.82 Å². The first-order chi connectivity index (χ1) is 5.72. The summed E-state index contributed by atoms with van der Waals surface area (Å²) in [7, 11) is 1.65. The van der Waals surface area contributed by atoms with Crippen LogP contribution in [0.15, 0.2) is 12.4 Å². The minimum atomic E-state index is -2.86. The molecule has 1 aromatic rings. The van der Waals surface area contributed by atoms with Crippen LogP contribution in [-0.4, -0.2) is 23.6 Å². The number of halogens is 2. The maximum absolute atomic E-state index is 11.6. The number of anilines is 1. The second-order valence-electron chi connectivity index (χ2n) is 1.87. The maximum Gasteiger partial charge on any atom is 0.388 e. The molecule has 0 radical (unpaired) electrons. The van der Waals surface area contributed by atoms with E-state index in [9.17, 15) is 8.78 Å². The number of hydrogen-bond donors (Lipinski definition) is 1. The Morgan fingerprint density at radius 3 is 2.58 bits per heavy atom. The lowest BCUT2D eigenvalue weighted by molar-refractivity contribution is -0.0530. The van der Waals surface area contributed by atoms with Gasteiger partial charge in [0.2, 0.25) is 5.88 Å². The lowest BCUT2D eigenvalue weighted by atomic mass is 10.6. The summed E-state index contributed by atoms with van der Waals surface area (Å²) in [4.78, 5) is 7.28. The molecule has 12 heavy (non-hydrogen) atoms. The summed E-state index contributed by atoms with van der Waals surface area (Å²) < 4.78 is 27.2. The van der Waals surface area contributed by atoms with Crippen LogP contribution in [-0.2, 0) is 0 Å². The van der Waals surface area contributed by atoms with Gasteiger partial charge in [-0.15, -0.1) is 0 Å². The predicted molar refractivity (Wildman–Crippen MR) is 38.2 cm³/mol. The zero-order valence-corrected chi connectivity index (χ0v) is 6.29. The van der Waals surface area contributed by atoms with Crippen molar-refractivity contribution >= 4 is 5.82 Å². The molecule has 1 heterocycles. The molecular formula is C6H7F2N3O. The van der Waals surface area contributed by atoms with Crippen molar-refractivity contribution in [2.75, 3.05) is 12.4 Å². The van der Waals surface area contributed by atoms with Gasteiger partial charge in [-0.2, -0.15) is 8.78 Å². The molecule has 4 nitrogen and oxygen atoms in total. The third-order valence-corrected chi connectivity index (χ3v) is 1.09. The van der Waals surface area contributed by atoms with Gasteiger partial charge in [0, 0.05) is 7.05 Å². The maximum atomic E-state index is 11.6. The second kappa shape index (κ2) is 3.80. The monoisotopic (exact) mass is 175 g/mol. The van der Waals surface area contributed by atoms with Crippen LogP contribution in [0.3, 0.4) is 0 Å². The Balaban J connectivity index is 2.65. The van der Waals surface area contributed by atoms with E-state index in [1.54, 1.807) is 7.05 Å². The molecule has 1 aromatic heterocycles. The van der Waals surface area contributed by atoms with Crippen LogP contribution in [0, 0.1) is 0 Å². The largest absolute Gasteiger partial charge is 0.415 e. The molecule has 1 rings (SSSR count). The fourth-order valence-corrected chi connectivity index (χ4v) is 0.597. The van der Waals surface area contributed by atoms with E-state index in [2.05, 4.69) is 20.0 Å². The van der Waals surface area contributed by atoms with Crippen molar-refractivity contribution in [1.29, 1.82) is 0 Å². The lowest BCUT2D eigenvalue weighted by Crippen LogP contribution is -2.04. The van der Waals surface area contributed by atoms with E-state index in [4.69, 9.17) is 0 Å². The topological polar surface area (TPSA) is 47.0 Å². The quantitative estimate of drug-likeness (QED) is 0.747. The molecule has 1 N–H and O–H groups in total. The van der Waals surface area contributed by atoms with Crippen LogP contribution >= 0.6 is 0 Å². The first kappa shape index (κ1) is 8.63. The SMILES string of the molecule is CNc1cnc(OC(F)F)cn1. The summed E-state index contributed by atoms with van der Waals surface area (Å²) in [6, 6.07) is 0. The number of aromatic nitrogens is 2. The van der Waals surface area contributed by atoms with E-state index < -0.39 is 6.61 Å². The van der Waals surface area contributed by atoms with E-state index in [1.165, 1.54) is 6.20 Å². The first-order valence-corrected chi connectivity index (χ1v) is 3.17. The molecule has 0 aromatic carbocycles. The number of nitrogens with one attached hydrogen (secondary N) is 1. The van der Waals surface area contributed by atoms with Crippen molar-refractivity contribution in [3.63, 3.8) is 0 Å². The van der Waals surface area contributed by atoms with Gasteiger partial charge in [0.25, 0.3) is 0 Å². The van der Waals surface area contributed by atoms with Gasteiger partial charge in [0.05, 0.1) is 12.4 Å². The van der Waals surface area contributed by atoms with E-state index >= 15 is 0 Å². The third kappa shape index (κ3) is 2.30. The van der Waals surface area contributed by atoms with Crippen molar-refractivity contribution in [1.82, 2.24) is 9.97 Å². The Hall–Kier alpha value is -1.46. The van der Waals surface area contributed by atoms with Crippen molar-refractivity contribution in [3.8, 4) is 5.88 Å². The van der Waals surface area contributed by atoms with Crippen LogP contribution in [0.25, 0.3) is 0 Å². The van der Waals surface area contributed by atoms with E-state index in [0.717, 1.165) is 6.20 Å². The van der Waals surface area contributed by atoms with Crippen molar-refractivity contribution < 1.29 is 13.5 Å². The number of ether oxygens (including phenoxy) is 1. The Morgan fingerprint density at radius 2 is 2.17 bits per heavy atom. The second-order valence-corrected chi connectivity index (χ2v) is 1.87. The zero-order chi connectivity index (χ0) is 8.97.